The number of carbonyl (C=O) groups is 1. The summed E-state index contributed by atoms with van der Waals surface area (Å²) in [4.78, 5) is 14.7. The van der Waals surface area contributed by atoms with Gasteiger partial charge in [0.05, 0.1) is 6.04 Å². The molecule has 1 amide bonds. The fourth-order valence-corrected chi connectivity index (χ4v) is 4.38. The highest BCUT2D eigenvalue weighted by molar-refractivity contribution is 7.99. The summed E-state index contributed by atoms with van der Waals surface area (Å²) in [5, 5.41) is 3.20. The Hall–Kier alpha value is -0.220. The number of nitrogens with zero attached hydrogens (tertiary/aromatic N) is 1. The molecule has 3 nitrogen and oxygen atoms in total. The summed E-state index contributed by atoms with van der Waals surface area (Å²) in [6.07, 6.45) is 4.70. The van der Waals surface area contributed by atoms with Crippen LogP contribution >= 0.6 is 11.8 Å². The summed E-state index contributed by atoms with van der Waals surface area (Å²) in [6.45, 7) is 6.47. The average Bonchev–Trinajstić information content (AvgIpc) is 2.49. The van der Waals surface area contributed by atoms with E-state index >= 15 is 0 Å². The van der Waals surface area contributed by atoms with Gasteiger partial charge < -0.3 is 10.2 Å². The third kappa shape index (κ3) is 4.12. The van der Waals surface area contributed by atoms with Crippen molar-refractivity contribution in [1.29, 1.82) is 0 Å². The largest absolute Gasteiger partial charge is 0.341 e. The number of hydrogen-bond acceptors (Lipinski definition) is 3. The first kappa shape index (κ1) is 15.2. The van der Waals surface area contributed by atoms with Crippen LogP contribution in [0.5, 0.6) is 0 Å². The lowest BCUT2D eigenvalue weighted by Gasteiger charge is -2.34. The van der Waals surface area contributed by atoms with Crippen molar-refractivity contribution in [1.82, 2.24) is 10.2 Å². The second-order valence-corrected chi connectivity index (χ2v) is 8.00. The van der Waals surface area contributed by atoms with E-state index in [0.717, 1.165) is 25.9 Å². The number of thioether (sulfide) groups is 1. The van der Waals surface area contributed by atoms with Gasteiger partial charge in [-0.3, -0.25) is 4.79 Å². The first-order chi connectivity index (χ1) is 9.02. The molecule has 1 N–H and O–H groups in total. The van der Waals surface area contributed by atoms with Crippen molar-refractivity contribution in [3.63, 3.8) is 0 Å². The van der Waals surface area contributed by atoms with Crippen LogP contribution in [-0.2, 0) is 4.79 Å². The Balaban J connectivity index is 2.03. The minimum absolute atomic E-state index is 0.0259. The molecule has 2 atom stereocenters. The first-order valence-electron chi connectivity index (χ1n) is 7.55. The SMILES string of the molecule is CNC1CCC(C)(C)CN(CC2CCCSC2)C1=O. The number of likely N-dealkylation sites (N-methyl/N-ethyl adjacent to an activating group) is 1. The fourth-order valence-electron chi connectivity index (χ4n) is 3.24. The van der Waals surface area contributed by atoms with Gasteiger partial charge in [-0.2, -0.15) is 11.8 Å². The quantitative estimate of drug-likeness (QED) is 0.863. The molecule has 0 saturated carbocycles. The zero-order valence-corrected chi connectivity index (χ0v) is 13.4. The van der Waals surface area contributed by atoms with Crippen molar-refractivity contribution in [3.05, 3.63) is 0 Å². The molecule has 2 rings (SSSR count). The van der Waals surface area contributed by atoms with Crippen molar-refractivity contribution in [3.8, 4) is 0 Å². The lowest BCUT2D eigenvalue weighted by molar-refractivity contribution is -0.134. The standard InChI is InChI=1S/C15H28N2OS/c1-15(2)7-6-13(16-3)14(18)17(11-15)9-12-5-4-8-19-10-12/h12-13,16H,4-11H2,1-3H3. The van der Waals surface area contributed by atoms with Crippen molar-refractivity contribution in [2.75, 3.05) is 31.6 Å². The molecule has 19 heavy (non-hydrogen) atoms. The normalized spacial score (nSPS) is 32.2. The van der Waals surface area contributed by atoms with Gasteiger partial charge in [0.1, 0.15) is 0 Å². The van der Waals surface area contributed by atoms with E-state index in [1.807, 2.05) is 7.05 Å². The highest BCUT2D eigenvalue weighted by atomic mass is 32.2. The zero-order chi connectivity index (χ0) is 13.9. The monoisotopic (exact) mass is 284 g/mol. The van der Waals surface area contributed by atoms with Gasteiger partial charge in [-0.15, -0.1) is 0 Å². The summed E-state index contributed by atoms with van der Waals surface area (Å²) < 4.78 is 0. The van der Waals surface area contributed by atoms with Gasteiger partial charge in [0.15, 0.2) is 0 Å². The molecule has 2 heterocycles. The van der Waals surface area contributed by atoms with Crippen LogP contribution in [0.25, 0.3) is 0 Å². The summed E-state index contributed by atoms with van der Waals surface area (Å²) in [6, 6.07) is 0.0259. The maximum atomic E-state index is 12.6. The highest BCUT2D eigenvalue weighted by Crippen LogP contribution is 2.31. The van der Waals surface area contributed by atoms with Crippen LogP contribution in [0.15, 0.2) is 0 Å². The Labute approximate surface area is 121 Å². The van der Waals surface area contributed by atoms with Crippen molar-refractivity contribution in [2.24, 2.45) is 11.3 Å². The van der Waals surface area contributed by atoms with E-state index in [1.54, 1.807) is 0 Å². The molecule has 2 saturated heterocycles. The molecule has 0 aromatic heterocycles. The van der Waals surface area contributed by atoms with E-state index in [-0.39, 0.29) is 11.5 Å². The lowest BCUT2D eigenvalue weighted by Crippen LogP contribution is -2.47. The number of hydrogen-bond donors (Lipinski definition) is 1. The minimum Gasteiger partial charge on any atom is -0.341 e. The molecule has 2 aliphatic rings. The Morgan fingerprint density at radius 1 is 1.42 bits per heavy atom. The van der Waals surface area contributed by atoms with Crippen LogP contribution in [0, 0.1) is 11.3 Å². The predicted molar refractivity (Wildman–Crippen MR) is 82.5 cm³/mol. The second kappa shape index (κ2) is 6.49. The Morgan fingerprint density at radius 2 is 2.21 bits per heavy atom. The van der Waals surface area contributed by atoms with Gasteiger partial charge in [-0.05, 0) is 55.6 Å². The fraction of sp³-hybridized carbons (Fsp3) is 0.933. The van der Waals surface area contributed by atoms with Crippen molar-refractivity contribution < 1.29 is 4.79 Å². The van der Waals surface area contributed by atoms with E-state index < -0.39 is 0 Å². The number of likely N-dealkylation sites (tertiary alicyclic amines) is 1. The molecule has 0 radical (unpaired) electrons. The third-order valence-electron chi connectivity index (χ3n) is 4.42. The molecule has 2 unspecified atom stereocenters. The van der Waals surface area contributed by atoms with E-state index in [4.69, 9.17) is 0 Å². The third-order valence-corrected chi connectivity index (χ3v) is 5.70. The zero-order valence-electron chi connectivity index (χ0n) is 12.6. The van der Waals surface area contributed by atoms with Gasteiger partial charge in [-0.25, -0.2) is 0 Å². The Kier molecular flexibility index (Phi) is 5.18. The lowest BCUT2D eigenvalue weighted by atomic mass is 9.87. The molecule has 0 aromatic carbocycles. The maximum Gasteiger partial charge on any atom is 0.239 e. The molecule has 0 aromatic rings. The van der Waals surface area contributed by atoms with Crippen LogP contribution in [0.4, 0.5) is 0 Å². The van der Waals surface area contributed by atoms with Crippen LogP contribution < -0.4 is 5.32 Å². The molecule has 110 valence electrons. The summed E-state index contributed by atoms with van der Waals surface area (Å²) in [5.41, 5.74) is 0.253. The molecular weight excluding hydrogens is 256 g/mol. The van der Waals surface area contributed by atoms with Gasteiger partial charge >= 0.3 is 0 Å². The van der Waals surface area contributed by atoms with Gasteiger partial charge in [0.25, 0.3) is 0 Å². The molecule has 0 aliphatic carbocycles. The second-order valence-electron chi connectivity index (χ2n) is 6.85. The van der Waals surface area contributed by atoms with E-state index in [2.05, 4.69) is 35.8 Å². The molecule has 2 aliphatic heterocycles. The van der Waals surface area contributed by atoms with Crippen LogP contribution in [0.3, 0.4) is 0 Å². The predicted octanol–water partition coefficient (Wildman–Crippen LogP) is 2.37. The number of carbonyl (C=O) groups excluding carboxylic acids is 1. The highest BCUT2D eigenvalue weighted by Gasteiger charge is 2.35. The Bertz CT molecular complexity index is 313. The number of nitrogens with one attached hydrogen (secondary N) is 1. The van der Waals surface area contributed by atoms with Crippen molar-refractivity contribution >= 4 is 17.7 Å². The molecule has 4 heteroatoms. The molecule has 0 spiro atoms. The van der Waals surface area contributed by atoms with Gasteiger partial charge in [-0.1, -0.05) is 13.8 Å². The number of amides is 1. The van der Waals surface area contributed by atoms with Crippen molar-refractivity contribution in [2.45, 2.75) is 45.6 Å². The van der Waals surface area contributed by atoms with Crippen LogP contribution in [0.2, 0.25) is 0 Å². The maximum absolute atomic E-state index is 12.6. The van der Waals surface area contributed by atoms with E-state index in [1.165, 1.54) is 24.3 Å². The smallest absolute Gasteiger partial charge is 0.239 e. The van der Waals surface area contributed by atoms with Crippen LogP contribution in [0.1, 0.15) is 39.5 Å². The van der Waals surface area contributed by atoms with Crippen LogP contribution in [-0.4, -0.2) is 48.5 Å². The van der Waals surface area contributed by atoms with Gasteiger partial charge in [0, 0.05) is 13.1 Å². The summed E-state index contributed by atoms with van der Waals surface area (Å²) in [7, 11) is 1.91. The summed E-state index contributed by atoms with van der Waals surface area (Å²) >= 11 is 2.05. The molecule has 2 fully saturated rings. The van der Waals surface area contributed by atoms with E-state index in [9.17, 15) is 4.79 Å². The molecule has 0 bridgehead atoms. The van der Waals surface area contributed by atoms with Gasteiger partial charge in [0.2, 0.25) is 5.91 Å². The average molecular weight is 284 g/mol. The number of rotatable bonds is 3. The minimum atomic E-state index is 0.0259. The first-order valence-corrected chi connectivity index (χ1v) is 8.71. The van der Waals surface area contributed by atoms with E-state index in [0.29, 0.717) is 11.8 Å². The molecular formula is C15H28N2OS. The summed E-state index contributed by atoms with van der Waals surface area (Å²) in [5.74, 6) is 3.56. The topological polar surface area (TPSA) is 32.3 Å². The Morgan fingerprint density at radius 3 is 2.84 bits per heavy atom.